The Bertz CT molecular complexity index is 1240. The van der Waals surface area contributed by atoms with Crippen LogP contribution in [0.3, 0.4) is 0 Å². The van der Waals surface area contributed by atoms with E-state index in [0.29, 0.717) is 11.7 Å². The minimum atomic E-state index is -0.125. The maximum Gasteiger partial charge on any atom is 0.263 e. The number of allylic oxidation sites excluding steroid dienone is 1. The van der Waals surface area contributed by atoms with Crippen LogP contribution < -0.4 is 15.8 Å². The highest BCUT2D eigenvalue weighted by atomic mass is 32.2. The molecule has 1 aliphatic rings. The SMILES string of the molecule is C=C(C)Cn1c(SCC(=O)Nc2ccc(N(CC)CC)cc2)nc2sc3c(c2c1=O)CCC3. The van der Waals surface area contributed by atoms with Crippen LogP contribution in [0.25, 0.3) is 10.2 Å². The number of benzene rings is 1. The van der Waals surface area contributed by atoms with Gasteiger partial charge in [0.25, 0.3) is 5.56 Å². The maximum absolute atomic E-state index is 13.3. The predicted molar refractivity (Wildman–Crippen MR) is 140 cm³/mol. The average molecular weight is 483 g/mol. The number of thioether (sulfide) groups is 1. The fraction of sp³-hybridized carbons (Fsp3) is 0.400. The molecule has 33 heavy (non-hydrogen) atoms. The summed E-state index contributed by atoms with van der Waals surface area (Å²) in [5.41, 5.74) is 3.93. The molecule has 0 fully saturated rings. The van der Waals surface area contributed by atoms with Crippen molar-refractivity contribution in [3.8, 4) is 0 Å². The molecule has 4 rings (SSSR count). The topological polar surface area (TPSA) is 67.2 Å². The molecule has 3 aromatic rings. The minimum absolute atomic E-state index is 0.0164. The molecule has 8 heteroatoms. The fourth-order valence-corrected chi connectivity index (χ4v) is 6.35. The Kier molecular flexibility index (Phi) is 7.24. The smallest absolute Gasteiger partial charge is 0.263 e. The van der Waals surface area contributed by atoms with Crippen molar-refractivity contribution in [3.05, 3.63) is 57.2 Å². The second-order valence-corrected chi connectivity index (χ2v) is 10.4. The van der Waals surface area contributed by atoms with Crippen LogP contribution in [0.1, 0.15) is 37.6 Å². The summed E-state index contributed by atoms with van der Waals surface area (Å²) in [5.74, 6) is 0.0531. The molecular formula is C25H30N4O2S2. The average Bonchev–Trinajstić information content (AvgIpc) is 3.37. The number of hydrogen-bond donors (Lipinski definition) is 1. The van der Waals surface area contributed by atoms with Crippen molar-refractivity contribution in [1.29, 1.82) is 0 Å². The van der Waals surface area contributed by atoms with E-state index in [9.17, 15) is 9.59 Å². The number of aromatic nitrogens is 2. The number of carbonyl (C=O) groups is 1. The molecule has 1 amide bonds. The van der Waals surface area contributed by atoms with E-state index >= 15 is 0 Å². The molecule has 1 N–H and O–H groups in total. The highest BCUT2D eigenvalue weighted by Gasteiger charge is 2.23. The van der Waals surface area contributed by atoms with Crippen LogP contribution in [-0.4, -0.2) is 34.3 Å². The van der Waals surface area contributed by atoms with Gasteiger partial charge < -0.3 is 10.2 Å². The lowest BCUT2D eigenvalue weighted by atomic mass is 10.2. The molecule has 1 aliphatic carbocycles. The van der Waals surface area contributed by atoms with Crippen molar-refractivity contribution in [2.75, 3.05) is 29.1 Å². The lowest BCUT2D eigenvalue weighted by Crippen LogP contribution is -2.24. The zero-order chi connectivity index (χ0) is 23.5. The Balaban J connectivity index is 1.51. The number of fused-ring (bicyclic) bond motifs is 3. The Labute approximate surface area is 202 Å². The molecule has 0 aliphatic heterocycles. The second kappa shape index (κ2) is 10.1. The zero-order valence-corrected chi connectivity index (χ0v) is 21.1. The van der Waals surface area contributed by atoms with Crippen LogP contribution in [0.2, 0.25) is 0 Å². The van der Waals surface area contributed by atoms with Crippen molar-refractivity contribution >= 4 is 50.6 Å². The number of rotatable bonds is 9. The summed E-state index contributed by atoms with van der Waals surface area (Å²) in [5, 5.41) is 4.28. The first-order valence-corrected chi connectivity index (χ1v) is 13.2. The molecule has 0 saturated carbocycles. The van der Waals surface area contributed by atoms with Crippen molar-refractivity contribution in [1.82, 2.24) is 9.55 Å². The summed E-state index contributed by atoms with van der Waals surface area (Å²) in [7, 11) is 0. The van der Waals surface area contributed by atoms with Crippen LogP contribution in [0.5, 0.6) is 0 Å². The number of amides is 1. The molecule has 0 spiro atoms. The minimum Gasteiger partial charge on any atom is -0.372 e. The van der Waals surface area contributed by atoms with Gasteiger partial charge in [0.2, 0.25) is 5.91 Å². The Morgan fingerprint density at radius 2 is 1.97 bits per heavy atom. The fourth-order valence-electron chi connectivity index (χ4n) is 4.25. The van der Waals surface area contributed by atoms with Gasteiger partial charge in [-0.05, 0) is 69.9 Å². The third-order valence-corrected chi connectivity index (χ3v) is 7.99. The quantitative estimate of drug-likeness (QED) is 0.261. The van der Waals surface area contributed by atoms with Gasteiger partial charge in [0.15, 0.2) is 5.16 Å². The summed E-state index contributed by atoms with van der Waals surface area (Å²) >= 11 is 2.92. The number of nitrogens with one attached hydrogen (secondary N) is 1. The van der Waals surface area contributed by atoms with E-state index in [0.717, 1.165) is 59.5 Å². The standard InChI is InChI=1S/C25H30N4O2S2/c1-5-28(6-2)18-12-10-17(11-13-18)26-21(30)15-32-25-27-23-22(19-8-7-9-20(19)33-23)24(31)29(25)14-16(3)4/h10-13H,3,5-9,14-15H2,1-2,4H3,(H,26,30). The van der Waals surface area contributed by atoms with Gasteiger partial charge in [-0.3, -0.25) is 14.2 Å². The maximum atomic E-state index is 13.3. The van der Waals surface area contributed by atoms with Gasteiger partial charge in [0, 0.05) is 35.9 Å². The normalized spacial score (nSPS) is 12.7. The first-order chi connectivity index (χ1) is 15.9. The van der Waals surface area contributed by atoms with Crippen molar-refractivity contribution in [2.45, 2.75) is 51.7 Å². The molecule has 0 bridgehead atoms. The molecular weight excluding hydrogens is 452 g/mol. The summed E-state index contributed by atoms with van der Waals surface area (Å²) in [6, 6.07) is 7.88. The highest BCUT2D eigenvalue weighted by molar-refractivity contribution is 7.99. The number of hydrogen-bond acceptors (Lipinski definition) is 6. The summed E-state index contributed by atoms with van der Waals surface area (Å²) in [6.07, 6.45) is 3.07. The van der Waals surface area contributed by atoms with Crippen molar-refractivity contribution in [2.24, 2.45) is 0 Å². The lowest BCUT2D eigenvalue weighted by Gasteiger charge is -2.21. The molecule has 2 heterocycles. The van der Waals surface area contributed by atoms with Crippen LogP contribution in [0.15, 0.2) is 46.4 Å². The van der Waals surface area contributed by atoms with Gasteiger partial charge in [-0.15, -0.1) is 11.3 Å². The van der Waals surface area contributed by atoms with Crippen LogP contribution in [0.4, 0.5) is 11.4 Å². The molecule has 6 nitrogen and oxygen atoms in total. The van der Waals surface area contributed by atoms with E-state index in [1.165, 1.54) is 22.2 Å². The molecule has 0 radical (unpaired) electrons. The Morgan fingerprint density at radius 1 is 1.24 bits per heavy atom. The van der Waals surface area contributed by atoms with E-state index in [1.54, 1.807) is 15.9 Å². The molecule has 0 saturated heterocycles. The second-order valence-electron chi connectivity index (χ2n) is 8.34. The van der Waals surface area contributed by atoms with Crippen molar-refractivity contribution in [3.63, 3.8) is 0 Å². The van der Waals surface area contributed by atoms with Gasteiger partial charge in [0.05, 0.1) is 11.1 Å². The summed E-state index contributed by atoms with van der Waals surface area (Å²) < 4.78 is 1.67. The monoisotopic (exact) mass is 482 g/mol. The van der Waals surface area contributed by atoms with E-state index in [1.807, 2.05) is 31.2 Å². The lowest BCUT2D eigenvalue weighted by molar-refractivity contribution is -0.113. The number of thiophene rings is 1. The molecule has 2 aromatic heterocycles. The first-order valence-electron chi connectivity index (χ1n) is 11.4. The highest BCUT2D eigenvalue weighted by Crippen LogP contribution is 2.35. The Morgan fingerprint density at radius 3 is 2.64 bits per heavy atom. The molecule has 0 atom stereocenters. The zero-order valence-electron chi connectivity index (χ0n) is 19.4. The number of nitrogens with zero attached hydrogens (tertiary/aromatic N) is 3. The molecule has 1 aromatic carbocycles. The predicted octanol–water partition coefficient (Wildman–Crippen LogP) is 5.10. The molecule has 174 valence electrons. The van der Waals surface area contributed by atoms with Gasteiger partial charge in [0.1, 0.15) is 4.83 Å². The first kappa shape index (κ1) is 23.6. The van der Waals surface area contributed by atoms with Gasteiger partial charge >= 0.3 is 0 Å². The van der Waals surface area contributed by atoms with Crippen LogP contribution in [0, 0.1) is 0 Å². The van der Waals surface area contributed by atoms with Gasteiger partial charge in [-0.1, -0.05) is 23.9 Å². The largest absolute Gasteiger partial charge is 0.372 e. The Hall–Kier alpha value is -2.58. The van der Waals surface area contributed by atoms with E-state index in [2.05, 4.69) is 30.6 Å². The van der Waals surface area contributed by atoms with Crippen LogP contribution >= 0.6 is 23.1 Å². The van der Waals surface area contributed by atoms with Crippen molar-refractivity contribution < 1.29 is 4.79 Å². The van der Waals surface area contributed by atoms with E-state index in [-0.39, 0.29) is 17.2 Å². The number of anilines is 2. The number of aryl methyl sites for hydroxylation is 2. The summed E-state index contributed by atoms with van der Waals surface area (Å²) in [6.45, 7) is 12.4. The van der Waals surface area contributed by atoms with E-state index < -0.39 is 0 Å². The van der Waals surface area contributed by atoms with Gasteiger partial charge in [-0.2, -0.15) is 0 Å². The molecule has 0 unspecified atom stereocenters. The van der Waals surface area contributed by atoms with E-state index in [4.69, 9.17) is 4.98 Å². The van der Waals surface area contributed by atoms with Crippen LogP contribution in [-0.2, 0) is 24.2 Å². The third-order valence-electron chi connectivity index (χ3n) is 5.83. The third kappa shape index (κ3) is 5.01. The van der Waals surface area contributed by atoms with Gasteiger partial charge in [-0.25, -0.2) is 4.98 Å². The number of carbonyl (C=O) groups excluding carboxylic acids is 1. The summed E-state index contributed by atoms with van der Waals surface area (Å²) in [4.78, 5) is 35.1.